The molecule has 0 unspecified atom stereocenters. The Bertz CT molecular complexity index is 495. The van der Waals surface area contributed by atoms with Gasteiger partial charge in [0.25, 0.3) is 0 Å². The predicted molar refractivity (Wildman–Crippen MR) is 86.7 cm³/mol. The lowest BCUT2D eigenvalue weighted by Gasteiger charge is -2.16. The van der Waals surface area contributed by atoms with Crippen LogP contribution in [0.3, 0.4) is 0 Å². The Balaban J connectivity index is 1.72. The quantitative estimate of drug-likeness (QED) is 0.918. The molecule has 1 N–H and O–H groups in total. The third-order valence-electron chi connectivity index (χ3n) is 4.19. The number of anilines is 1. The van der Waals surface area contributed by atoms with Crippen molar-refractivity contribution in [3.05, 3.63) is 29.8 Å². The molecule has 1 heterocycles. The molecule has 3 nitrogen and oxygen atoms in total. The monoisotopic (exact) mass is 290 g/mol. The van der Waals surface area contributed by atoms with Crippen LogP contribution in [0.5, 0.6) is 0 Å². The van der Waals surface area contributed by atoms with Crippen molar-refractivity contribution >= 4 is 22.6 Å². The molecule has 1 spiro atoms. The van der Waals surface area contributed by atoms with Crippen LogP contribution in [0.25, 0.3) is 0 Å². The summed E-state index contributed by atoms with van der Waals surface area (Å²) in [6, 6.07) is 8.45. The molecular formula is C16H22N2OS. The molecule has 0 atom stereocenters. The van der Waals surface area contributed by atoms with Crippen LogP contribution in [0.2, 0.25) is 0 Å². The second kappa shape index (κ2) is 6.19. The molecule has 1 aliphatic carbocycles. The third-order valence-corrected chi connectivity index (χ3v) is 5.33. The third kappa shape index (κ3) is 3.01. The SMILES string of the molecule is COCCc1ccccc1NC1=NC2(CCCC2)CS1. The van der Waals surface area contributed by atoms with Crippen molar-refractivity contribution in [2.75, 3.05) is 24.8 Å². The van der Waals surface area contributed by atoms with Crippen LogP contribution < -0.4 is 5.32 Å². The van der Waals surface area contributed by atoms with Gasteiger partial charge in [-0.25, -0.2) is 0 Å². The molecule has 3 rings (SSSR count). The number of rotatable bonds is 4. The Hall–Kier alpha value is -1.000. The average Bonchev–Trinajstić information content (AvgIpc) is 3.09. The van der Waals surface area contributed by atoms with Gasteiger partial charge in [-0.15, -0.1) is 0 Å². The zero-order valence-electron chi connectivity index (χ0n) is 12.0. The minimum absolute atomic E-state index is 0.245. The Kier molecular flexibility index (Phi) is 4.32. The highest BCUT2D eigenvalue weighted by atomic mass is 32.2. The summed E-state index contributed by atoms with van der Waals surface area (Å²) < 4.78 is 5.18. The largest absolute Gasteiger partial charge is 0.384 e. The highest BCUT2D eigenvalue weighted by molar-refractivity contribution is 8.14. The summed E-state index contributed by atoms with van der Waals surface area (Å²) >= 11 is 1.87. The van der Waals surface area contributed by atoms with E-state index in [-0.39, 0.29) is 5.54 Å². The Morgan fingerprint density at radius 2 is 2.10 bits per heavy atom. The highest BCUT2D eigenvalue weighted by Gasteiger charge is 2.38. The molecule has 0 bridgehead atoms. The fourth-order valence-electron chi connectivity index (χ4n) is 3.02. The first-order chi connectivity index (χ1) is 9.81. The molecule has 0 radical (unpaired) electrons. The zero-order valence-corrected chi connectivity index (χ0v) is 12.8. The molecule has 0 aromatic heterocycles. The fraction of sp³-hybridized carbons (Fsp3) is 0.562. The van der Waals surface area contributed by atoms with Crippen LogP contribution in [-0.2, 0) is 11.2 Å². The van der Waals surface area contributed by atoms with Crippen LogP contribution in [0.1, 0.15) is 31.2 Å². The maximum absolute atomic E-state index is 5.18. The van der Waals surface area contributed by atoms with Gasteiger partial charge in [0.1, 0.15) is 0 Å². The molecule has 1 fully saturated rings. The van der Waals surface area contributed by atoms with E-state index >= 15 is 0 Å². The molecule has 108 valence electrons. The van der Waals surface area contributed by atoms with E-state index < -0.39 is 0 Å². The lowest BCUT2D eigenvalue weighted by Crippen LogP contribution is -2.21. The summed E-state index contributed by atoms with van der Waals surface area (Å²) in [6.45, 7) is 0.752. The van der Waals surface area contributed by atoms with Crippen LogP contribution >= 0.6 is 11.8 Å². The van der Waals surface area contributed by atoms with E-state index in [1.807, 2.05) is 11.8 Å². The maximum Gasteiger partial charge on any atom is 0.161 e. The van der Waals surface area contributed by atoms with Gasteiger partial charge in [0.2, 0.25) is 0 Å². The summed E-state index contributed by atoms with van der Waals surface area (Å²) in [5.41, 5.74) is 2.71. The van der Waals surface area contributed by atoms with Crippen molar-refractivity contribution in [2.45, 2.75) is 37.6 Å². The number of nitrogens with one attached hydrogen (secondary N) is 1. The lowest BCUT2D eigenvalue weighted by molar-refractivity contribution is 0.202. The van der Waals surface area contributed by atoms with Gasteiger partial charge in [-0.3, -0.25) is 4.99 Å². The first kappa shape index (κ1) is 14.0. The molecule has 0 amide bonds. The summed E-state index contributed by atoms with van der Waals surface area (Å²) in [4.78, 5) is 4.97. The van der Waals surface area contributed by atoms with Crippen molar-refractivity contribution in [1.29, 1.82) is 0 Å². The smallest absolute Gasteiger partial charge is 0.161 e. The minimum atomic E-state index is 0.245. The van der Waals surface area contributed by atoms with Crippen LogP contribution in [0.4, 0.5) is 5.69 Å². The molecule has 2 aliphatic rings. The molecule has 1 saturated carbocycles. The molecule has 1 aromatic rings. The topological polar surface area (TPSA) is 33.6 Å². The molecule has 20 heavy (non-hydrogen) atoms. The van der Waals surface area contributed by atoms with E-state index in [4.69, 9.17) is 9.73 Å². The van der Waals surface area contributed by atoms with Crippen molar-refractivity contribution in [2.24, 2.45) is 4.99 Å². The van der Waals surface area contributed by atoms with E-state index in [1.54, 1.807) is 7.11 Å². The van der Waals surface area contributed by atoms with E-state index in [9.17, 15) is 0 Å². The second-order valence-electron chi connectivity index (χ2n) is 5.66. The predicted octanol–water partition coefficient (Wildman–Crippen LogP) is 3.70. The van der Waals surface area contributed by atoms with E-state index in [0.29, 0.717) is 0 Å². The van der Waals surface area contributed by atoms with Crippen molar-refractivity contribution in [3.63, 3.8) is 0 Å². The van der Waals surface area contributed by atoms with Crippen molar-refractivity contribution in [1.82, 2.24) is 0 Å². The Labute approximate surface area is 125 Å². The fourth-order valence-corrected chi connectivity index (χ4v) is 4.22. The Morgan fingerprint density at radius 3 is 2.90 bits per heavy atom. The van der Waals surface area contributed by atoms with Gasteiger partial charge in [-0.2, -0.15) is 0 Å². The number of methoxy groups -OCH3 is 1. The number of nitrogens with zero attached hydrogens (tertiary/aromatic N) is 1. The van der Waals surface area contributed by atoms with Crippen molar-refractivity contribution < 1.29 is 4.74 Å². The first-order valence-corrected chi connectivity index (χ1v) is 8.36. The minimum Gasteiger partial charge on any atom is -0.384 e. The summed E-state index contributed by atoms with van der Waals surface area (Å²) in [7, 11) is 1.75. The molecule has 0 saturated heterocycles. The van der Waals surface area contributed by atoms with Gasteiger partial charge in [0, 0.05) is 18.6 Å². The lowest BCUT2D eigenvalue weighted by atomic mass is 10.0. The number of amidine groups is 1. The van der Waals surface area contributed by atoms with E-state index in [2.05, 4.69) is 29.6 Å². The number of benzene rings is 1. The first-order valence-electron chi connectivity index (χ1n) is 7.38. The van der Waals surface area contributed by atoms with Gasteiger partial charge < -0.3 is 10.1 Å². The van der Waals surface area contributed by atoms with Gasteiger partial charge >= 0.3 is 0 Å². The number of para-hydroxylation sites is 1. The van der Waals surface area contributed by atoms with Crippen LogP contribution in [-0.4, -0.2) is 30.2 Å². The highest BCUT2D eigenvalue weighted by Crippen LogP contribution is 2.41. The van der Waals surface area contributed by atoms with Gasteiger partial charge in [0.15, 0.2) is 5.17 Å². The maximum atomic E-state index is 5.18. The number of aliphatic imine (C=N–C) groups is 1. The molecular weight excluding hydrogens is 268 g/mol. The number of thioether (sulfide) groups is 1. The number of hydrogen-bond donors (Lipinski definition) is 1. The zero-order chi connectivity index (χ0) is 13.8. The number of hydrogen-bond acceptors (Lipinski definition) is 4. The normalized spacial score (nSPS) is 20.4. The molecule has 4 heteroatoms. The van der Waals surface area contributed by atoms with Crippen LogP contribution in [0.15, 0.2) is 29.3 Å². The van der Waals surface area contributed by atoms with E-state index in [0.717, 1.165) is 23.9 Å². The average molecular weight is 290 g/mol. The summed E-state index contributed by atoms with van der Waals surface area (Å²) in [5.74, 6) is 1.15. The van der Waals surface area contributed by atoms with Crippen LogP contribution in [0, 0.1) is 0 Å². The number of ether oxygens (including phenoxy) is 1. The van der Waals surface area contributed by atoms with E-state index in [1.165, 1.54) is 36.9 Å². The summed E-state index contributed by atoms with van der Waals surface area (Å²) in [5, 5.41) is 4.62. The molecule has 1 aromatic carbocycles. The second-order valence-corrected chi connectivity index (χ2v) is 6.63. The van der Waals surface area contributed by atoms with Gasteiger partial charge in [-0.05, 0) is 30.9 Å². The Morgan fingerprint density at radius 1 is 1.30 bits per heavy atom. The summed E-state index contributed by atoms with van der Waals surface area (Å²) in [6.07, 6.45) is 6.12. The van der Waals surface area contributed by atoms with Gasteiger partial charge in [-0.1, -0.05) is 42.8 Å². The molecule has 1 aliphatic heterocycles. The van der Waals surface area contributed by atoms with Crippen molar-refractivity contribution in [3.8, 4) is 0 Å². The standard InChI is InChI=1S/C16H22N2OS/c1-19-11-8-13-6-2-3-7-14(13)17-15-18-16(12-20-15)9-4-5-10-16/h2-3,6-7H,4-5,8-12H2,1H3,(H,17,18). The van der Waals surface area contributed by atoms with Gasteiger partial charge in [0.05, 0.1) is 12.1 Å².